The van der Waals surface area contributed by atoms with Crippen molar-refractivity contribution in [1.82, 2.24) is 5.32 Å². The molecule has 0 saturated carbocycles. The molecule has 5 nitrogen and oxygen atoms in total. The van der Waals surface area contributed by atoms with E-state index in [9.17, 15) is 14.9 Å². The predicted molar refractivity (Wildman–Crippen MR) is 102 cm³/mol. The Hall–Kier alpha value is -2.40. The van der Waals surface area contributed by atoms with Gasteiger partial charge < -0.3 is 5.32 Å². The Kier molecular flexibility index (Phi) is 5.57. The molecule has 1 atom stereocenters. The minimum atomic E-state index is -0.466. The summed E-state index contributed by atoms with van der Waals surface area (Å²) in [6, 6.07) is 10.8. The van der Waals surface area contributed by atoms with Crippen LogP contribution in [0.25, 0.3) is 0 Å². The van der Waals surface area contributed by atoms with Gasteiger partial charge in [0.25, 0.3) is 11.6 Å². The largest absolute Gasteiger partial charge is 0.349 e. The number of amides is 1. The number of fused-ring (bicyclic) bond motifs is 1. The van der Waals surface area contributed by atoms with Gasteiger partial charge in [-0.3, -0.25) is 14.9 Å². The molecule has 2 aromatic carbocycles. The number of carbonyl (C=O) groups excluding carboxylic acids is 1. The number of carbonyl (C=O) groups is 1. The predicted octanol–water partition coefficient (Wildman–Crippen LogP) is 4.49. The van der Waals surface area contributed by atoms with Crippen molar-refractivity contribution in [2.45, 2.75) is 45.1 Å². The highest BCUT2D eigenvalue weighted by atomic mass is 35.5. The molecule has 6 heteroatoms. The summed E-state index contributed by atoms with van der Waals surface area (Å²) >= 11 is 6.25. The summed E-state index contributed by atoms with van der Waals surface area (Å²) in [6.07, 6.45) is 3.88. The Morgan fingerprint density at radius 1 is 1.31 bits per heavy atom. The van der Waals surface area contributed by atoms with Gasteiger partial charge in [-0.15, -0.1) is 0 Å². The third-order valence-electron chi connectivity index (χ3n) is 4.85. The van der Waals surface area contributed by atoms with E-state index in [-0.39, 0.29) is 22.7 Å². The van der Waals surface area contributed by atoms with Gasteiger partial charge in [0.2, 0.25) is 0 Å². The van der Waals surface area contributed by atoms with Gasteiger partial charge in [-0.05, 0) is 48.4 Å². The molecule has 0 radical (unpaired) electrons. The van der Waals surface area contributed by atoms with Crippen molar-refractivity contribution in [1.29, 1.82) is 0 Å². The van der Waals surface area contributed by atoms with E-state index in [0.29, 0.717) is 12.0 Å². The summed E-state index contributed by atoms with van der Waals surface area (Å²) in [5, 5.41) is 14.4. The van der Waals surface area contributed by atoms with Crippen LogP contribution in [0.1, 0.15) is 46.8 Å². The van der Waals surface area contributed by atoms with Gasteiger partial charge >= 0.3 is 0 Å². The number of halogens is 1. The molecule has 2 aromatic rings. The van der Waals surface area contributed by atoms with E-state index in [4.69, 9.17) is 11.6 Å². The maximum absolute atomic E-state index is 12.7. The van der Waals surface area contributed by atoms with E-state index in [0.717, 1.165) is 42.4 Å². The topological polar surface area (TPSA) is 72.2 Å². The first kappa shape index (κ1) is 18.4. The summed E-state index contributed by atoms with van der Waals surface area (Å²) in [7, 11) is 0. The molecule has 0 spiro atoms. The van der Waals surface area contributed by atoms with E-state index < -0.39 is 4.92 Å². The van der Waals surface area contributed by atoms with Crippen molar-refractivity contribution < 1.29 is 9.72 Å². The molecule has 1 aliphatic rings. The van der Waals surface area contributed by atoms with Crippen LogP contribution in [0.5, 0.6) is 0 Å². The summed E-state index contributed by atoms with van der Waals surface area (Å²) in [5.74, 6) is -0.0935. The Morgan fingerprint density at radius 3 is 2.81 bits per heavy atom. The molecule has 0 bridgehead atoms. The lowest BCUT2D eigenvalue weighted by atomic mass is 9.87. The van der Waals surface area contributed by atoms with Crippen LogP contribution in [0.4, 0.5) is 5.69 Å². The minimum absolute atomic E-state index is 0.0781. The Morgan fingerprint density at radius 2 is 2.08 bits per heavy atom. The second-order valence-electron chi connectivity index (χ2n) is 6.61. The van der Waals surface area contributed by atoms with E-state index in [2.05, 4.69) is 12.2 Å². The third-order valence-corrected chi connectivity index (χ3v) is 5.27. The molecule has 1 aliphatic carbocycles. The average Bonchev–Trinajstić information content (AvgIpc) is 2.63. The molecule has 0 aliphatic heterocycles. The first-order valence-electron chi connectivity index (χ1n) is 8.84. The third kappa shape index (κ3) is 3.73. The highest BCUT2D eigenvalue weighted by Gasteiger charge is 2.27. The van der Waals surface area contributed by atoms with Crippen LogP contribution < -0.4 is 5.32 Å². The molecule has 0 heterocycles. The Balaban J connectivity index is 1.78. The van der Waals surface area contributed by atoms with Crippen LogP contribution in [0, 0.1) is 10.1 Å². The lowest BCUT2D eigenvalue weighted by Gasteiger charge is -2.26. The Labute approximate surface area is 157 Å². The number of rotatable bonds is 5. The van der Waals surface area contributed by atoms with Gasteiger partial charge in [0.05, 0.1) is 4.92 Å². The molecule has 3 rings (SSSR count). The van der Waals surface area contributed by atoms with Gasteiger partial charge in [-0.2, -0.15) is 0 Å². The maximum atomic E-state index is 12.7. The van der Waals surface area contributed by atoms with Crippen molar-refractivity contribution in [3.8, 4) is 0 Å². The first-order valence-corrected chi connectivity index (χ1v) is 9.22. The van der Waals surface area contributed by atoms with Gasteiger partial charge in [0.1, 0.15) is 5.02 Å². The van der Waals surface area contributed by atoms with Gasteiger partial charge in [0, 0.05) is 17.7 Å². The Bertz CT molecular complexity index is 851. The summed E-state index contributed by atoms with van der Waals surface area (Å²) in [4.78, 5) is 23.4. The molecule has 0 fully saturated rings. The van der Waals surface area contributed by atoms with E-state index >= 15 is 0 Å². The number of hydrogen-bond acceptors (Lipinski definition) is 3. The van der Waals surface area contributed by atoms with Crippen LogP contribution in [0.3, 0.4) is 0 Å². The number of nitro groups is 1. The minimum Gasteiger partial charge on any atom is -0.349 e. The van der Waals surface area contributed by atoms with E-state index in [1.54, 1.807) is 6.07 Å². The van der Waals surface area contributed by atoms with Gasteiger partial charge in [-0.1, -0.05) is 49.2 Å². The van der Waals surface area contributed by atoms with E-state index in [1.165, 1.54) is 6.07 Å². The highest BCUT2D eigenvalue weighted by molar-refractivity contribution is 6.33. The molecule has 1 unspecified atom stereocenters. The monoisotopic (exact) mass is 372 g/mol. The standard InChI is InChI=1S/C20H21ClN2O3/c1-2-5-13-6-3-4-7-16(13)20(24)22-15-10-8-14-9-11-18(23(25)26)19(21)17(14)12-15/h3-4,6-7,9,11,15H,2,5,8,10,12H2,1H3,(H,22,24). The number of nitro benzene ring substituents is 1. The zero-order chi connectivity index (χ0) is 18.7. The number of aryl methyl sites for hydroxylation is 2. The van der Waals surface area contributed by atoms with Crippen molar-refractivity contribution in [3.05, 3.63) is 73.8 Å². The fraction of sp³-hybridized carbons (Fsp3) is 0.350. The molecule has 1 amide bonds. The summed E-state index contributed by atoms with van der Waals surface area (Å²) < 4.78 is 0. The molecule has 26 heavy (non-hydrogen) atoms. The SMILES string of the molecule is CCCc1ccccc1C(=O)NC1CCc2ccc([N+](=O)[O-])c(Cl)c2C1. The van der Waals surface area contributed by atoms with Gasteiger partial charge in [0.15, 0.2) is 0 Å². The van der Waals surface area contributed by atoms with Crippen LogP contribution in [0.2, 0.25) is 5.02 Å². The molecular formula is C20H21ClN2O3. The van der Waals surface area contributed by atoms with Crippen molar-refractivity contribution in [2.75, 3.05) is 0 Å². The number of benzene rings is 2. The lowest BCUT2D eigenvalue weighted by molar-refractivity contribution is -0.384. The van der Waals surface area contributed by atoms with Crippen LogP contribution in [0.15, 0.2) is 36.4 Å². The average molecular weight is 373 g/mol. The van der Waals surface area contributed by atoms with Crippen molar-refractivity contribution in [2.24, 2.45) is 0 Å². The highest BCUT2D eigenvalue weighted by Crippen LogP contribution is 2.34. The van der Waals surface area contributed by atoms with Crippen molar-refractivity contribution in [3.63, 3.8) is 0 Å². The second kappa shape index (κ2) is 7.87. The number of nitrogens with one attached hydrogen (secondary N) is 1. The fourth-order valence-corrected chi connectivity index (χ4v) is 3.87. The zero-order valence-electron chi connectivity index (χ0n) is 14.6. The van der Waals surface area contributed by atoms with Crippen LogP contribution in [-0.4, -0.2) is 16.9 Å². The zero-order valence-corrected chi connectivity index (χ0v) is 15.4. The van der Waals surface area contributed by atoms with Crippen LogP contribution >= 0.6 is 11.6 Å². The quantitative estimate of drug-likeness (QED) is 0.620. The van der Waals surface area contributed by atoms with Crippen molar-refractivity contribution >= 4 is 23.2 Å². The summed E-state index contributed by atoms with van der Waals surface area (Å²) in [5.41, 5.74) is 3.46. The summed E-state index contributed by atoms with van der Waals surface area (Å²) in [6.45, 7) is 2.08. The number of hydrogen-bond donors (Lipinski definition) is 1. The van der Waals surface area contributed by atoms with Gasteiger partial charge in [-0.25, -0.2) is 0 Å². The molecule has 0 saturated heterocycles. The normalized spacial score (nSPS) is 16.0. The van der Waals surface area contributed by atoms with E-state index in [1.807, 2.05) is 24.3 Å². The smallest absolute Gasteiger partial charge is 0.288 e. The lowest BCUT2D eigenvalue weighted by Crippen LogP contribution is -2.39. The maximum Gasteiger partial charge on any atom is 0.288 e. The molecule has 0 aromatic heterocycles. The molecule has 136 valence electrons. The first-order chi connectivity index (χ1) is 12.5. The fourth-order valence-electron chi connectivity index (χ4n) is 3.54. The van der Waals surface area contributed by atoms with Crippen LogP contribution in [-0.2, 0) is 19.3 Å². The second-order valence-corrected chi connectivity index (χ2v) is 6.99. The molecule has 1 N–H and O–H groups in total. The number of nitrogens with zero attached hydrogens (tertiary/aromatic N) is 1. The molecular weight excluding hydrogens is 352 g/mol.